The summed E-state index contributed by atoms with van der Waals surface area (Å²) < 4.78 is 0. The fourth-order valence-electron chi connectivity index (χ4n) is 3.09. The molecular formula is C16H30N4O2. The Morgan fingerprint density at radius 3 is 1.59 bits per heavy atom. The minimum Gasteiger partial charge on any atom is -0.355 e. The lowest BCUT2D eigenvalue weighted by atomic mass is 10.1. The first-order chi connectivity index (χ1) is 10.8. The molecule has 0 aromatic carbocycles. The van der Waals surface area contributed by atoms with Gasteiger partial charge in [-0.2, -0.15) is 0 Å². The zero-order chi connectivity index (χ0) is 15.6. The first kappa shape index (κ1) is 17.2. The van der Waals surface area contributed by atoms with Crippen molar-refractivity contribution in [2.24, 2.45) is 0 Å². The fraction of sp³-hybridized carbons (Fsp3) is 0.875. The van der Waals surface area contributed by atoms with E-state index in [0.29, 0.717) is 0 Å². The number of rotatable bonds is 9. The highest BCUT2D eigenvalue weighted by Gasteiger charge is 2.21. The van der Waals surface area contributed by atoms with Gasteiger partial charge in [-0.25, -0.2) is 0 Å². The van der Waals surface area contributed by atoms with Crippen LogP contribution in [0, 0.1) is 0 Å². The van der Waals surface area contributed by atoms with Crippen LogP contribution < -0.4 is 21.3 Å². The van der Waals surface area contributed by atoms with Crippen molar-refractivity contribution >= 4 is 11.8 Å². The summed E-state index contributed by atoms with van der Waals surface area (Å²) in [6.45, 7) is 3.44. The molecule has 4 N–H and O–H groups in total. The molecule has 0 radical (unpaired) electrons. The second-order valence-corrected chi connectivity index (χ2v) is 6.29. The summed E-state index contributed by atoms with van der Waals surface area (Å²) in [4.78, 5) is 23.5. The monoisotopic (exact) mass is 310 g/mol. The summed E-state index contributed by atoms with van der Waals surface area (Å²) in [5.74, 6) is 0.294. The van der Waals surface area contributed by atoms with Crippen molar-refractivity contribution in [1.82, 2.24) is 21.3 Å². The zero-order valence-electron chi connectivity index (χ0n) is 13.5. The van der Waals surface area contributed by atoms with Gasteiger partial charge in [0.2, 0.25) is 11.8 Å². The third-order valence-electron chi connectivity index (χ3n) is 4.46. The van der Waals surface area contributed by atoms with Gasteiger partial charge in [-0.1, -0.05) is 12.8 Å². The molecule has 6 nitrogen and oxygen atoms in total. The summed E-state index contributed by atoms with van der Waals surface area (Å²) in [5, 5.41) is 12.4. The summed E-state index contributed by atoms with van der Waals surface area (Å²) in [5.41, 5.74) is 0. The van der Waals surface area contributed by atoms with Crippen molar-refractivity contribution < 1.29 is 9.59 Å². The molecule has 0 saturated carbocycles. The van der Waals surface area contributed by atoms with Crippen molar-refractivity contribution in [1.29, 1.82) is 0 Å². The lowest BCUT2D eigenvalue weighted by Gasteiger charge is -2.11. The van der Waals surface area contributed by atoms with Crippen molar-refractivity contribution in [3.8, 4) is 0 Å². The van der Waals surface area contributed by atoms with Crippen LogP contribution in [-0.2, 0) is 9.59 Å². The van der Waals surface area contributed by atoms with E-state index < -0.39 is 0 Å². The summed E-state index contributed by atoms with van der Waals surface area (Å²) in [6, 6.07) is 0.0545. The highest BCUT2D eigenvalue weighted by Crippen LogP contribution is 2.06. The van der Waals surface area contributed by atoms with E-state index in [0.717, 1.165) is 77.5 Å². The van der Waals surface area contributed by atoms with E-state index in [9.17, 15) is 9.59 Å². The number of amides is 2. The molecule has 2 atom stereocenters. The lowest BCUT2D eigenvalue weighted by molar-refractivity contribution is -0.123. The summed E-state index contributed by atoms with van der Waals surface area (Å²) >= 11 is 0. The standard InChI is InChI=1S/C16H30N4O2/c21-15(13-7-5-11-17-13)19-9-3-1-2-4-10-20-16(22)14-8-6-12-18-14/h13-14,17-18H,1-12H2,(H,19,21)(H,20,22). The van der Waals surface area contributed by atoms with Crippen LogP contribution in [0.1, 0.15) is 51.4 Å². The van der Waals surface area contributed by atoms with Crippen LogP contribution in [0.2, 0.25) is 0 Å². The van der Waals surface area contributed by atoms with E-state index in [2.05, 4.69) is 21.3 Å². The largest absolute Gasteiger partial charge is 0.355 e. The fourth-order valence-corrected chi connectivity index (χ4v) is 3.09. The quantitative estimate of drug-likeness (QED) is 0.461. The molecule has 2 saturated heterocycles. The van der Waals surface area contributed by atoms with Crippen LogP contribution in [0.25, 0.3) is 0 Å². The first-order valence-corrected chi connectivity index (χ1v) is 8.79. The number of carbonyl (C=O) groups excluding carboxylic acids is 2. The SMILES string of the molecule is O=C(NCCCCCCNC(=O)C1CCCN1)C1CCCN1. The molecule has 0 aliphatic carbocycles. The maximum absolute atomic E-state index is 11.8. The molecule has 2 amide bonds. The van der Waals surface area contributed by atoms with E-state index in [4.69, 9.17) is 0 Å². The van der Waals surface area contributed by atoms with Crippen LogP contribution in [-0.4, -0.2) is 50.1 Å². The molecule has 2 aliphatic rings. The summed E-state index contributed by atoms with van der Waals surface area (Å²) in [6.07, 6.45) is 8.32. The van der Waals surface area contributed by atoms with E-state index >= 15 is 0 Å². The van der Waals surface area contributed by atoms with Crippen LogP contribution >= 0.6 is 0 Å². The molecule has 2 unspecified atom stereocenters. The van der Waals surface area contributed by atoms with Crippen molar-refractivity contribution in [3.63, 3.8) is 0 Å². The van der Waals surface area contributed by atoms with Crippen molar-refractivity contribution in [2.45, 2.75) is 63.5 Å². The molecule has 2 heterocycles. The summed E-state index contributed by atoms with van der Waals surface area (Å²) in [7, 11) is 0. The molecule has 0 aromatic heterocycles. The van der Waals surface area contributed by atoms with Gasteiger partial charge in [0.05, 0.1) is 12.1 Å². The predicted molar refractivity (Wildman–Crippen MR) is 86.5 cm³/mol. The van der Waals surface area contributed by atoms with Gasteiger partial charge >= 0.3 is 0 Å². The highest BCUT2D eigenvalue weighted by molar-refractivity contribution is 5.82. The van der Waals surface area contributed by atoms with Crippen LogP contribution in [0.5, 0.6) is 0 Å². The Balaban J connectivity index is 1.38. The first-order valence-electron chi connectivity index (χ1n) is 8.79. The van der Waals surface area contributed by atoms with Crippen LogP contribution in [0.15, 0.2) is 0 Å². The van der Waals surface area contributed by atoms with Crippen LogP contribution in [0.4, 0.5) is 0 Å². The van der Waals surface area contributed by atoms with Crippen molar-refractivity contribution in [3.05, 3.63) is 0 Å². The Morgan fingerprint density at radius 2 is 1.23 bits per heavy atom. The second-order valence-electron chi connectivity index (χ2n) is 6.29. The molecule has 0 bridgehead atoms. The van der Waals surface area contributed by atoms with Gasteiger partial charge in [-0.05, 0) is 51.6 Å². The minimum absolute atomic E-state index is 0.0272. The number of nitrogens with one attached hydrogen (secondary N) is 4. The number of unbranched alkanes of at least 4 members (excludes halogenated alkanes) is 3. The Hall–Kier alpha value is -1.14. The van der Waals surface area contributed by atoms with Gasteiger partial charge in [-0.15, -0.1) is 0 Å². The lowest BCUT2D eigenvalue weighted by Crippen LogP contribution is -2.40. The molecule has 2 rings (SSSR count). The van der Waals surface area contributed by atoms with Gasteiger partial charge < -0.3 is 21.3 Å². The number of carbonyl (C=O) groups is 2. The Bertz CT molecular complexity index is 316. The molecule has 6 heteroatoms. The molecule has 0 aromatic rings. The molecule has 0 spiro atoms. The number of hydrogen-bond donors (Lipinski definition) is 4. The third-order valence-corrected chi connectivity index (χ3v) is 4.46. The maximum Gasteiger partial charge on any atom is 0.237 e. The molecule has 126 valence electrons. The number of hydrogen-bond acceptors (Lipinski definition) is 4. The average Bonchev–Trinajstić information content (AvgIpc) is 3.22. The molecule has 22 heavy (non-hydrogen) atoms. The van der Waals surface area contributed by atoms with Gasteiger partial charge in [0.15, 0.2) is 0 Å². The van der Waals surface area contributed by atoms with Gasteiger partial charge in [0.1, 0.15) is 0 Å². The Labute approximate surface area is 133 Å². The predicted octanol–water partition coefficient (Wildman–Crippen LogP) is 0.283. The van der Waals surface area contributed by atoms with E-state index in [1.807, 2.05) is 0 Å². The van der Waals surface area contributed by atoms with E-state index in [-0.39, 0.29) is 23.9 Å². The topological polar surface area (TPSA) is 82.3 Å². The van der Waals surface area contributed by atoms with E-state index in [1.165, 1.54) is 0 Å². The van der Waals surface area contributed by atoms with Gasteiger partial charge in [0.25, 0.3) is 0 Å². The average molecular weight is 310 g/mol. The molecule has 2 fully saturated rings. The third kappa shape index (κ3) is 5.93. The normalized spacial score (nSPS) is 24.4. The van der Waals surface area contributed by atoms with Gasteiger partial charge in [-0.3, -0.25) is 9.59 Å². The van der Waals surface area contributed by atoms with Gasteiger partial charge in [0, 0.05) is 13.1 Å². The zero-order valence-corrected chi connectivity index (χ0v) is 13.5. The Kier molecular flexibility index (Phi) is 7.66. The second kappa shape index (κ2) is 9.79. The molecular weight excluding hydrogens is 280 g/mol. The minimum atomic E-state index is 0.0272. The van der Waals surface area contributed by atoms with Crippen molar-refractivity contribution in [2.75, 3.05) is 26.2 Å². The Morgan fingerprint density at radius 1 is 0.773 bits per heavy atom. The maximum atomic E-state index is 11.8. The highest BCUT2D eigenvalue weighted by atomic mass is 16.2. The van der Waals surface area contributed by atoms with Crippen LogP contribution in [0.3, 0.4) is 0 Å². The van der Waals surface area contributed by atoms with E-state index in [1.54, 1.807) is 0 Å². The smallest absolute Gasteiger partial charge is 0.237 e. The molecule has 2 aliphatic heterocycles.